The molecule has 9 heteroatoms. The van der Waals surface area contributed by atoms with Gasteiger partial charge in [-0.2, -0.15) is 0 Å². The first-order valence-electron chi connectivity index (χ1n) is 10.6. The third kappa shape index (κ3) is 4.47. The summed E-state index contributed by atoms with van der Waals surface area (Å²) in [4.78, 5) is 29.7. The molecule has 1 aliphatic heterocycles. The van der Waals surface area contributed by atoms with Crippen LogP contribution in [0.4, 0.5) is 14.6 Å². The summed E-state index contributed by atoms with van der Waals surface area (Å²) in [6, 6.07) is 5.83. The Balaban J connectivity index is 1.39. The van der Waals surface area contributed by atoms with Gasteiger partial charge in [0.25, 0.3) is 0 Å². The second-order valence-corrected chi connectivity index (χ2v) is 8.08. The van der Waals surface area contributed by atoms with Crippen LogP contribution < -0.4 is 21.7 Å². The summed E-state index contributed by atoms with van der Waals surface area (Å²) in [5.74, 6) is -2.14. The van der Waals surface area contributed by atoms with E-state index in [0.29, 0.717) is 30.8 Å². The first-order chi connectivity index (χ1) is 15.3. The number of halogens is 2. The molecule has 0 radical (unpaired) electrons. The SMILES string of the molecule is C[C@H](NC(=O)[C@H]1C=C(c2cccc(F)c2F)CCN1)C(=O)N[C@@H]1CCc2nc(N)ccc21. The van der Waals surface area contributed by atoms with Gasteiger partial charge in [-0.05, 0) is 49.5 Å². The number of aromatic nitrogens is 1. The van der Waals surface area contributed by atoms with Gasteiger partial charge >= 0.3 is 0 Å². The molecule has 7 nitrogen and oxygen atoms in total. The van der Waals surface area contributed by atoms with E-state index in [2.05, 4.69) is 20.9 Å². The van der Waals surface area contributed by atoms with Crippen molar-refractivity contribution >= 4 is 23.2 Å². The highest BCUT2D eigenvalue weighted by Gasteiger charge is 2.29. The van der Waals surface area contributed by atoms with Crippen LogP contribution in [0.3, 0.4) is 0 Å². The molecule has 4 rings (SSSR count). The molecule has 1 aromatic carbocycles. The molecule has 0 fully saturated rings. The Hall–Kier alpha value is -3.33. The number of benzene rings is 1. The smallest absolute Gasteiger partial charge is 0.242 e. The maximum atomic E-state index is 14.2. The lowest BCUT2D eigenvalue weighted by atomic mass is 9.96. The first kappa shape index (κ1) is 21.9. The van der Waals surface area contributed by atoms with Gasteiger partial charge in [0.05, 0.1) is 6.04 Å². The van der Waals surface area contributed by atoms with Gasteiger partial charge in [0.15, 0.2) is 11.6 Å². The van der Waals surface area contributed by atoms with Gasteiger partial charge in [-0.15, -0.1) is 0 Å². The summed E-state index contributed by atoms with van der Waals surface area (Å²) in [6.45, 7) is 2.03. The number of amides is 2. The largest absolute Gasteiger partial charge is 0.384 e. The number of hydrogen-bond acceptors (Lipinski definition) is 5. The zero-order valence-corrected chi connectivity index (χ0v) is 17.6. The predicted molar refractivity (Wildman–Crippen MR) is 116 cm³/mol. The lowest BCUT2D eigenvalue weighted by Gasteiger charge is -2.25. The molecule has 0 saturated carbocycles. The van der Waals surface area contributed by atoms with Crippen molar-refractivity contribution in [1.29, 1.82) is 0 Å². The van der Waals surface area contributed by atoms with Crippen molar-refractivity contribution in [3.8, 4) is 0 Å². The molecular formula is C23H25F2N5O2. The molecule has 1 aliphatic carbocycles. The van der Waals surface area contributed by atoms with Gasteiger partial charge in [-0.25, -0.2) is 13.8 Å². The molecule has 168 valence electrons. The maximum absolute atomic E-state index is 14.2. The molecule has 2 amide bonds. The van der Waals surface area contributed by atoms with E-state index in [9.17, 15) is 18.4 Å². The average Bonchev–Trinajstić information content (AvgIpc) is 3.17. The van der Waals surface area contributed by atoms with Gasteiger partial charge in [-0.1, -0.05) is 24.3 Å². The minimum absolute atomic E-state index is 0.143. The zero-order valence-electron chi connectivity index (χ0n) is 17.6. The molecule has 2 heterocycles. The minimum Gasteiger partial charge on any atom is -0.384 e. The van der Waals surface area contributed by atoms with Crippen LogP contribution in [0, 0.1) is 11.6 Å². The van der Waals surface area contributed by atoms with Crippen LogP contribution in [0.2, 0.25) is 0 Å². The Labute approximate surface area is 184 Å². The van der Waals surface area contributed by atoms with E-state index in [0.717, 1.165) is 23.7 Å². The number of nitrogens with one attached hydrogen (secondary N) is 3. The lowest BCUT2D eigenvalue weighted by Crippen LogP contribution is -2.52. The van der Waals surface area contributed by atoms with Crippen molar-refractivity contribution in [3.63, 3.8) is 0 Å². The quantitative estimate of drug-likeness (QED) is 0.568. The number of pyridine rings is 1. The standard InChI is InChI=1S/C23H25F2N5O2/c1-12(22(31)30-18-7-6-17-15(18)5-8-20(26)29-17)28-23(32)19-11-13(9-10-27-19)14-3-2-4-16(24)21(14)25/h2-5,8,11-12,18-19,27H,6-7,9-10H2,1H3,(H2,26,29)(H,28,32)(H,30,31)/t12-,18+,19+/m0/s1. The average molecular weight is 441 g/mol. The highest BCUT2D eigenvalue weighted by Crippen LogP contribution is 2.30. The number of fused-ring (bicyclic) bond motifs is 1. The number of carbonyl (C=O) groups is 2. The number of nitrogens with two attached hydrogens (primary N) is 1. The summed E-state index contributed by atoms with van der Waals surface area (Å²) in [5.41, 5.74) is 8.22. The topological polar surface area (TPSA) is 109 Å². The number of carbonyl (C=O) groups excluding carboxylic acids is 2. The second kappa shape index (κ2) is 9.04. The number of anilines is 1. The Kier molecular flexibility index (Phi) is 6.18. The second-order valence-electron chi connectivity index (χ2n) is 8.08. The summed E-state index contributed by atoms with van der Waals surface area (Å²) in [7, 11) is 0. The van der Waals surface area contributed by atoms with E-state index in [4.69, 9.17) is 5.73 Å². The Bertz CT molecular complexity index is 1090. The van der Waals surface area contributed by atoms with Gasteiger partial charge in [0.2, 0.25) is 11.8 Å². The molecule has 0 bridgehead atoms. The predicted octanol–water partition coefficient (Wildman–Crippen LogP) is 2.00. The van der Waals surface area contributed by atoms with Crippen molar-refractivity contribution < 1.29 is 18.4 Å². The fraction of sp³-hybridized carbons (Fsp3) is 0.348. The van der Waals surface area contributed by atoms with E-state index in [-0.39, 0.29) is 17.5 Å². The third-order valence-corrected chi connectivity index (χ3v) is 5.85. The zero-order chi connectivity index (χ0) is 22.8. The summed E-state index contributed by atoms with van der Waals surface area (Å²) < 4.78 is 27.7. The van der Waals surface area contributed by atoms with Crippen molar-refractivity contribution in [2.75, 3.05) is 12.3 Å². The summed E-state index contributed by atoms with van der Waals surface area (Å²) >= 11 is 0. The molecule has 32 heavy (non-hydrogen) atoms. The van der Waals surface area contributed by atoms with Crippen LogP contribution in [0.5, 0.6) is 0 Å². The molecule has 2 aliphatic rings. The number of nitrogens with zero attached hydrogens (tertiary/aromatic N) is 1. The van der Waals surface area contributed by atoms with Crippen LogP contribution in [-0.4, -0.2) is 35.4 Å². The van der Waals surface area contributed by atoms with Crippen molar-refractivity contribution in [3.05, 3.63) is 64.9 Å². The number of aryl methyl sites for hydroxylation is 1. The van der Waals surface area contributed by atoms with Crippen molar-refractivity contribution in [2.24, 2.45) is 0 Å². The first-order valence-corrected chi connectivity index (χ1v) is 10.6. The van der Waals surface area contributed by atoms with Gasteiger partial charge in [0, 0.05) is 17.8 Å². The molecule has 0 saturated heterocycles. The highest BCUT2D eigenvalue weighted by molar-refractivity contribution is 5.92. The number of rotatable bonds is 5. The Morgan fingerprint density at radius 1 is 1.22 bits per heavy atom. The van der Waals surface area contributed by atoms with Crippen molar-refractivity contribution in [2.45, 2.75) is 44.3 Å². The molecular weight excluding hydrogens is 416 g/mol. The van der Waals surface area contributed by atoms with E-state index in [1.165, 1.54) is 12.1 Å². The van der Waals surface area contributed by atoms with Crippen LogP contribution in [0.25, 0.3) is 5.57 Å². The third-order valence-electron chi connectivity index (χ3n) is 5.85. The van der Waals surface area contributed by atoms with E-state index in [1.54, 1.807) is 19.1 Å². The summed E-state index contributed by atoms with van der Waals surface area (Å²) in [6.07, 6.45) is 3.47. The van der Waals surface area contributed by atoms with Crippen LogP contribution in [0.1, 0.15) is 42.6 Å². The van der Waals surface area contributed by atoms with Crippen LogP contribution in [-0.2, 0) is 16.0 Å². The van der Waals surface area contributed by atoms with E-state index < -0.39 is 29.6 Å². The normalized spacial score (nSPS) is 20.8. The molecule has 2 aromatic rings. The van der Waals surface area contributed by atoms with E-state index in [1.807, 2.05) is 6.07 Å². The van der Waals surface area contributed by atoms with E-state index >= 15 is 0 Å². The Morgan fingerprint density at radius 2 is 2.03 bits per heavy atom. The Morgan fingerprint density at radius 3 is 2.84 bits per heavy atom. The number of hydrogen-bond donors (Lipinski definition) is 4. The lowest BCUT2D eigenvalue weighted by molar-refractivity contribution is -0.129. The van der Waals surface area contributed by atoms with Crippen LogP contribution >= 0.6 is 0 Å². The molecule has 3 atom stereocenters. The molecule has 0 unspecified atom stereocenters. The fourth-order valence-electron chi connectivity index (χ4n) is 4.15. The van der Waals surface area contributed by atoms with Gasteiger partial charge in [-0.3, -0.25) is 9.59 Å². The van der Waals surface area contributed by atoms with Gasteiger partial charge in [0.1, 0.15) is 17.9 Å². The highest BCUT2D eigenvalue weighted by atomic mass is 19.2. The maximum Gasteiger partial charge on any atom is 0.242 e. The molecule has 1 aromatic heterocycles. The van der Waals surface area contributed by atoms with Crippen molar-refractivity contribution in [1.82, 2.24) is 20.9 Å². The minimum atomic E-state index is -0.931. The summed E-state index contributed by atoms with van der Waals surface area (Å²) in [5, 5.41) is 8.67. The van der Waals surface area contributed by atoms with Gasteiger partial charge < -0.3 is 21.7 Å². The molecule has 0 spiro atoms. The monoisotopic (exact) mass is 441 g/mol. The molecule has 5 N–H and O–H groups in total. The fourth-order valence-corrected chi connectivity index (χ4v) is 4.15. The number of nitrogen functional groups attached to an aromatic ring is 1. The van der Waals surface area contributed by atoms with Crippen LogP contribution in [0.15, 0.2) is 36.4 Å².